The van der Waals surface area contributed by atoms with Crippen LogP contribution < -0.4 is 14.8 Å². The topological polar surface area (TPSA) is 93.8 Å². The molecule has 3 aromatic rings. The fourth-order valence-corrected chi connectivity index (χ4v) is 2.40. The number of aliphatic hydroxyl groups is 1. The monoisotopic (exact) mass is 329 g/mol. The molecule has 0 saturated heterocycles. The van der Waals surface area contributed by atoms with E-state index in [4.69, 9.17) is 9.47 Å². The number of aromatic nitrogens is 4. The SMILES string of the molecule is COc1ccc(OC)c(C(O)CNc2ccc3nnc(C)n3n2)c1. The number of aliphatic hydroxyl groups excluding tert-OH is 1. The average molecular weight is 329 g/mol. The minimum absolute atomic E-state index is 0.267. The quantitative estimate of drug-likeness (QED) is 0.709. The fraction of sp³-hybridized carbons (Fsp3) is 0.312. The van der Waals surface area contributed by atoms with Gasteiger partial charge >= 0.3 is 0 Å². The van der Waals surface area contributed by atoms with Crippen molar-refractivity contribution < 1.29 is 14.6 Å². The molecule has 2 aromatic heterocycles. The van der Waals surface area contributed by atoms with Gasteiger partial charge in [0.2, 0.25) is 0 Å². The van der Waals surface area contributed by atoms with E-state index in [2.05, 4.69) is 20.6 Å². The summed E-state index contributed by atoms with van der Waals surface area (Å²) in [6.45, 7) is 2.09. The summed E-state index contributed by atoms with van der Waals surface area (Å²) < 4.78 is 12.1. The van der Waals surface area contributed by atoms with E-state index >= 15 is 0 Å². The molecule has 2 heterocycles. The normalized spacial score (nSPS) is 12.2. The van der Waals surface area contributed by atoms with Crippen molar-refractivity contribution in [3.05, 3.63) is 41.7 Å². The van der Waals surface area contributed by atoms with Gasteiger partial charge in [0, 0.05) is 12.1 Å². The summed E-state index contributed by atoms with van der Waals surface area (Å²) in [5.41, 5.74) is 1.32. The van der Waals surface area contributed by atoms with Crippen molar-refractivity contribution in [3.63, 3.8) is 0 Å². The van der Waals surface area contributed by atoms with Crippen LogP contribution in [-0.4, -0.2) is 45.7 Å². The molecule has 0 saturated carbocycles. The molecule has 0 fully saturated rings. The molecule has 24 heavy (non-hydrogen) atoms. The van der Waals surface area contributed by atoms with Crippen LogP contribution in [0.2, 0.25) is 0 Å². The van der Waals surface area contributed by atoms with Crippen molar-refractivity contribution in [3.8, 4) is 11.5 Å². The third-order valence-electron chi connectivity index (χ3n) is 3.69. The summed E-state index contributed by atoms with van der Waals surface area (Å²) >= 11 is 0. The Kier molecular flexibility index (Phi) is 4.48. The first-order valence-electron chi connectivity index (χ1n) is 7.45. The number of aryl methyl sites for hydroxylation is 1. The van der Waals surface area contributed by atoms with Crippen molar-refractivity contribution in [1.29, 1.82) is 0 Å². The van der Waals surface area contributed by atoms with Gasteiger partial charge in [-0.2, -0.15) is 4.52 Å². The number of hydrogen-bond acceptors (Lipinski definition) is 7. The second-order valence-electron chi connectivity index (χ2n) is 5.24. The Morgan fingerprint density at radius 1 is 1.17 bits per heavy atom. The van der Waals surface area contributed by atoms with E-state index in [1.54, 1.807) is 43.0 Å². The van der Waals surface area contributed by atoms with Crippen molar-refractivity contribution in [2.45, 2.75) is 13.0 Å². The zero-order chi connectivity index (χ0) is 17.1. The van der Waals surface area contributed by atoms with Crippen LogP contribution in [0.1, 0.15) is 17.5 Å². The van der Waals surface area contributed by atoms with Crippen LogP contribution in [0.25, 0.3) is 5.65 Å². The molecule has 0 aliphatic carbocycles. The van der Waals surface area contributed by atoms with Gasteiger partial charge in [-0.25, -0.2) is 0 Å². The maximum Gasteiger partial charge on any atom is 0.178 e. The molecule has 2 N–H and O–H groups in total. The highest BCUT2D eigenvalue weighted by Gasteiger charge is 2.15. The lowest BCUT2D eigenvalue weighted by molar-refractivity contribution is 0.186. The van der Waals surface area contributed by atoms with Gasteiger partial charge in [0.25, 0.3) is 0 Å². The van der Waals surface area contributed by atoms with Gasteiger partial charge in [0.05, 0.1) is 20.3 Å². The molecule has 0 aliphatic rings. The third kappa shape index (κ3) is 3.09. The maximum atomic E-state index is 10.5. The fourth-order valence-electron chi connectivity index (χ4n) is 2.40. The molecule has 1 aromatic carbocycles. The number of methoxy groups -OCH3 is 2. The Morgan fingerprint density at radius 2 is 2.00 bits per heavy atom. The first-order valence-corrected chi connectivity index (χ1v) is 7.45. The Bertz CT molecular complexity index is 849. The molecule has 0 spiro atoms. The smallest absolute Gasteiger partial charge is 0.178 e. The molecule has 0 amide bonds. The molecular formula is C16H19N5O3. The van der Waals surface area contributed by atoms with Gasteiger partial charge in [-0.15, -0.1) is 15.3 Å². The van der Waals surface area contributed by atoms with E-state index < -0.39 is 6.10 Å². The van der Waals surface area contributed by atoms with Gasteiger partial charge in [-0.05, 0) is 37.3 Å². The highest BCUT2D eigenvalue weighted by atomic mass is 16.5. The highest BCUT2D eigenvalue weighted by Crippen LogP contribution is 2.29. The van der Waals surface area contributed by atoms with Gasteiger partial charge in [-0.1, -0.05) is 0 Å². The number of ether oxygens (including phenoxy) is 2. The lowest BCUT2D eigenvalue weighted by Gasteiger charge is -2.16. The summed E-state index contributed by atoms with van der Waals surface area (Å²) in [6.07, 6.45) is -0.783. The number of fused-ring (bicyclic) bond motifs is 1. The number of benzene rings is 1. The lowest BCUT2D eigenvalue weighted by atomic mass is 10.1. The maximum absolute atomic E-state index is 10.5. The Hall–Kier alpha value is -2.87. The first-order chi connectivity index (χ1) is 11.6. The second-order valence-corrected chi connectivity index (χ2v) is 5.24. The molecule has 8 nitrogen and oxygen atoms in total. The molecule has 8 heteroatoms. The number of anilines is 1. The molecule has 3 rings (SSSR count). The summed E-state index contributed by atoms with van der Waals surface area (Å²) in [7, 11) is 3.15. The molecule has 1 unspecified atom stereocenters. The second kappa shape index (κ2) is 6.71. The van der Waals surface area contributed by atoms with Gasteiger partial charge in [0.1, 0.15) is 17.3 Å². The van der Waals surface area contributed by atoms with Crippen molar-refractivity contribution in [2.24, 2.45) is 0 Å². The first kappa shape index (κ1) is 16.0. The summed E-state index contributed by atoms with van der Waals surface area (Å²) in [5.74, 6) is 2.57. The van der Waals surface area contributed by atoms with E-state index in [9.17, 15) is 5.11 Å². The van der Waals surface area contributed by atoms with Crippen molar-refractivity contribution in [1.82, 2.24) is 19.8 Å². The summed E-state index contributed by atoms with van der Waals surface area (Å²) in [6, 6.07) is 8.91. The van der Waals surface area contributed by atoms with Crippen LogP contribution in [-0.2, 0) is 0 Å². The van der Waals surface area contributed by atoms with Crippen molar-refractivity contribution in [2.75, 3.05) is 26.1 Å². The third-order valence-corrected chi connectivity index (χ3v) is 3.69. The molecule has 126 valence electrons. The van der Waals surface area contributed by atoms with Gasteiger partial charge in [0.15, 0.2) is 11.5 Å². The average Bonchev–Trinajstić information content (AvgIpc) is 2.99. The summed E-state index contributed by atoms with van der Waals surface area (Å²) in [4.78, 5) is 0. The number of nitrogens with one attached hydrogen (secondary N) is 1. The van der Waals surface area contributed by atoms with Crippen LogP contribution >= 0.6 is 0 Å². The predicted molar refractivity (Wildman–Crippen MR) is 88.5 cm³/mol. The Morgan fingerprint density at radius 3 is 2.75 bits per heavy atom. The molecular weight excluding hydrogens is 310 g/mol. The van der Waals surface area contributed by atoms with E-state index in [-0.39, 0.29) is 6.54 Å². The number of hydrogen-bond donors (Lipinski definition) is 2. The molecule has 0 radical (unpaired) electrons. The molecule has 0 aliphatic heterocycles. The largest absolute Gasteiger partial charge is 0.497 e. The van der Waals surface area contributed by atoms with E-state index in [1.807, 2.05) is 13.0 Å². The minimum atomic E-state index is -0.783. The predicted octanol–water partition coefficient (Wildman–Crippen LogP) is 1.60. The van der Waals surface area contributed by atoms with E-state index in [0.29, 0.717) is 34.4 Å². The standard InChI is InChI=1S/C16H19N5O3/c1-10-18-19-16-7-6-15(20-21(10)16)17-9-13(22)12-8-11(23-2)4-5-14(12)24-3/h4-8,13,22H,9H2,1-3H3,(H,17,20). The van der Waals surface area contributed by atoms with Crippen LogP contribution in [0.3, 0.4) is 0 Å². The van der Waals surface area contributed by atoms with Gasteiger partial charge < -0.3 is 19.9 Å². The molecule has 0 bridgehead atoms. The van der Waals surface area contributed by atoms with Gasteiger partial charge in [-0.3, -0.25) is 0 Å². The summed E-state index contributed by atoms with van der Waals surface area (Å²) in [5, 5.41) is 25.9. The van der Waals surface area contributed by atoms with Crippen molar-refractivity contribution >= 4 is 11.5 Å². The zero-order valence-corrected chi connectivity index (χ0v) is 13.7. The number of nitrogens with zero attached hydrogens (tertiary/aromatic N) is 4. The Balaban J connectivity index is 1.76. The zero-order valence-electron chi connectivity index (χ0n) is 13.7. The molecule has 1 atom stereocenters. The van der Waals surface area contributed by atoms with Crippen LogP contribution in [0.4, 0.5) is 5.82 Å². The van der Waals surface area contributed by atoms with Crippen LogP contribution in [0, 0.1) is 6.92 Å². The van der Waals surface area contributed by atoms with E-state index in [0.717, 1.165) is 0 Å². The minimum Gasteiger partial charge on any atom is -0.497 e. The van der Waals surface area contributed by atoms with E-state index in [1.165, 1.54) is 0 Å². The number of rotatable bonds is 6. The highest BCUT2D eigenvalue weighted by molar-refractivity contribution is 5.45. The van der Waals surface area contributed by atoms with Crippen LogP contribution in [0.5, 0.6) is 11.5 Å². The Labute approximate surface area is 139 Å². The lowest BCUT2D eigenvalue weighted by Crippen LogP contribution is -2.14. The van der Waals surface area contributed by atoms with Crippen LogP contribution in [0.15, 0.2) is 30.3 Å².